The van der Waals surface area contributed by atoms with E-state index in [0.717, 1.165) is 21.4 Å². The first-order chi connectivity index (χ1) is 15.5. The fourth-order valence-electron chi connectivity index (χ4n) is 3.40. The Labute approximate surface area is 184 Å². The third kappa shape index (κ3) is 4.04. The Hall–Kier alpha value is -4.14. The first-order valence-electron chi connectivity index (χ1n) is 10.2. The smallest absolute Gasteiger partial charge is 0.332 e. The number of benzene rings is 2. The topological polar surface area (TPSA) is 95.4 Å². The van der Waals surface area contributed by atoms with Crippen LogP contribution in [0.25, 0.3) is 11.2 Å². The Balaban J connectivity index is 1.49. The zero-order valence-electron chi connectivity index (χ0n) is 18.1. The van der Waals surface area contributed by atoms with Gasteiger partial charge in [-0.1, -0.05) is 30.3 Å². The van der Waals surface area contributed by atoms with Crippen molar-refractivity contribution in [3.8, 4) is 5.75 Å². The second kappa shape index (κ2) is 8.93. The van der Waals surface area contributed by atoms with Crippen LogP contribution in [-0.4, -0.2) is 24.9 Å². The molecule has 32 heavy (non-hydrogen) atoms. The van der Waals surface area contributed by atoms with Crippen molar-refractivity contribution < 1.29 is 4.74 Å². The minimum atomic E-state index is -0.423. The molecule has 0 fully saturated rings. The largest absolute Gasteiger partial charge is 0.489 e. The van der Waals surface area contributed by atoms with Crippen molar-refractivity contribution in [2.75, 3.05) is 5.43 Å². The SMILES string of the molecule is CCn1c(NN=Cc2ccc(OCc3ccccc3)cc2)nc2c1c(=O)n(C)c(=O)n2C. The zero-order valence-corrected chi connectivity index (χ0v) is 18.1. The van der Waals surface area contributed by atoms with Gasteiger partial charge in [0.05, 0.1) is 6.21 Å². The molecule has 4 rings (SSSR count). The summed E-state index contributed by atoms with van der Waals surface area (Å²) in [5.41, 5.74) is 4.72. The summed E-state index contributed by atoms with van der Waals surface area (Å²) in [6.07, 6.45) is 1.65. The highest BCUT2D eigenvalue weighted by molar-refractivity contribution is 5.80. The maximum atomic E-state index is 12.6. The molecule has 0 aliphatic heterocycles. The molecular formula is C23H24N6O3. The first kappa shape index (κ1) is 21.1. The van der Waals surface area contributed by atoms with E-state index in [4.69, 9.17) is 4.74 Å². The van der Waals surface area contributed by atoms with Gasteiger partial charge < -0.3 is 9.30 Å². The summed E-state index contributed by atoms with van der Waals surface area (Å²) in [5, 5.41) is 4.25. The van der Waals surface area contributed by atoms with Gasteiger partial charge in [-0.3, -0.25) is 13.9 Å². The van der Waals surface area contributed by atoms with Crippen LogP contribution < -0.4 is 21.4 Å². The van der Waals surface area contributed by atoms with E-state index in [-0.39, 0.29) is 5.56 Å². The predicted octanol–water partition coefficient (Wildman–Crippen LogP) is 2.48. The first-order valence-corrected chi connectivity index (χ1v) is 10.2. The molecule has 9 heteroatoms. The van der Waals surface area contributed by atoms with Gasteiger partial charge in [-0.15, -0.1) is 0 Å². The van der Waals surface area contributed by atoms with Crippen molar-refractivity contribution in [1.82, 2.24) is 18.7 Å². The van der Waals surface area contributed by atoms with E-state index in [1.54, 1.807) is 17.8 Å². The van der Waals surface area contributed by atoms with Crippen LogP contribution in [0.15, 0.2) is 69.3 Å². The Bertz CT molecular complexity index is 1380. The molecule has 0 saturated carbocycles. The van der Waals surface area contributed by atoms with E-state index < -0.39 is 5.69 Å². The van der Waals surface area contributed by atoms with E-state index in [9.17, 15) is 9.59 Å². The minimum Gasteiger partial charge on any atom is -0.489 e. The summed E-state index contributed by atoms with van der Waals surface area (Å²) in [5.74, 6) is 1.16. The van der Waals surface area contributed by atoms with Gasteiger partial charge in [-0.2, -0.15) is 10.1 Å². The van der Waals surface area contributed by atoms with E-state index in [0.29, 0.717) is 30.3 Å². The zero-order chi connectivity index (χ0) is 22.7. The number of nitrogens with zero attached hydrogens (tertiary/aromatic N) is 5. The van der Waals surface area contributed by atoms with Crippen LogP contribution in [0, 0.1) is 0 Å². The molecule has 0 aliphatic rings. The normalized spacial score (nSPS) is 11.3. The van der Waals surface area contributed by atoms with Crippen LogP contribution in [0.4, 0.5) is 5.95 Å². The number of hydrogen-bond donors (Lipinski definition) is 1. The van der Waals surface area contributed by atoms with Crippen molar-refractivity contribution >= 4 is 23.3 Å². The van der Waals surface area contributed by atoms with Crippen molar-refractivity contribution in [3.63, 3.8) is 0 Å². The van der Waals surface area contributed by atoms with E-state index >= 15 is 0 Å². The lowest BCUT2D eigenvalue weighted by atomic mass is 10.2. The standard InChI is InChI=1S/C23H24N6O3/c1-4-29-19-20(27(2)23(31)28(3)21(19)30)25-22(29)26-24-14-16-10-12-18(13-11-16)32-15-17-8-6-5-7-9-17/h5-14H,4,15H2,1-3H3,(H,25,26). The molecule has 2 heterocycles. The third-order valence-electron chi connectivity index (χ3n) is 5.17. The van der Waals surface area contributed by atoms with Crippen molar-refractivity contribution in [1.29, 1.82) is 0 Å². The molecule has 0 saturated heterocycles. The van der Waals surface area contributed by atoms with Gasteiger partial charge in [0.25, 0.3) is 5.56 Å². The molecule has 0 aliphatic carbocycles. The molecule has 4 aromatic rings. The van der Waals surface area contributed by atoms with Gasteiger partial charge >= 0.3 is 5.69 Å². The quantitative estimate of drug-likeness (QED) is 0.358. The van der Waals surface area contributed by atoms with Gasteiger partial charge in [0, 0.05) is 20.6 Å². The fraction of sp³-hybridized carbons (Fsp3) is 0.217. The third-order valence-corrected chi connectivity index (χ3v) is 5.17. The van der Waals surface area contributed by atoms with E-state index in [1.165, 1.54) is 11.6 Å². The number of aromatic nitrogens is 4. The molecule has 0 bridgehead atoms. The molecule has 0 radical (unpaired) electrons. The lowest BCUT2D eigenvalue weighted by Gasteiger charge is -2.06. The van der Waals surface area contributed by atoms with Crippen LogP contribution in [0.2, 0.25) is 0 Å². The average Bonchev–Trinajstić information content (AvgIpc) is 3.20. The summed E-state index contributed by atoms with van der Waals surface area (Å²) in [6.45, 7) is 2.90. The number of nitrogens with one attached hydrogen (secondary N) is 1. The molecule has 1 N–H and O–H groups in total. The maximum Gasteiger partial charge on any atom is 0.332 e. The highest BCUT2D eigenvalue weighted by Crippen LogP contribution is 2.16. The van der Waals surface area contributed by atoms with Gasteiger partial charge in [0.2, 0.25) is 5.95 Å². The Kier molecular flexibility index (Phi) is 5.89. The monoisotopic (exact) mass is 432 g/mol. The van der Waals surface area contributed by atoms with Crippen LogP contribution >= 0.6 is 0 Å². The summed E-state index contributed by atoms with van der Waals surface area (Å²) in [4.78, 5) is 29.2. The van der Waals surface area contributed by atoms with Crippen LogP contribution in [0.3, 0.4) is 0 Å². The molecule has 2 aromatic heterocycles. The lowest BCUT2D eigenvalue weighted by molar-refractivity contribution is 0.306. The van der Waals surface area contributed by atoms with E-state index in [2.05, 4.69) is 15.5 Å². The predicted molar refractivity (Wildman–Crippen MR) is 124 cm³/mol. The van der Waals surface area contributed by atoms with Crippen LogP contribution in [0.1, 0.15) is 18.1 Å². The maximum absolute atomic E-state index is 12.6. The van der Waals surface area contributed by atoms with Crippen LogP contribution in [0.5, 0.6) is 5.75 Å². The average molecular weight is 432 g/mol. The number of fused-ring (bicyclic) bond motifs is 1. The van der Waals surface area contributed by atoms with Gasteiger partial charge in [-0.25, -0.2) is 10.2 Å². The molecular weight excluding hydrogens is 408 g/mol. The van der Waals surface area contributed by atoms with E-state index in [1.807, 2.05) is 61.5 Å². The second-order valence-electron chi connectivity index (χ2n) is 7.27. The number of ether oxygens (including phenoxy) is 1. The number of rotatable bonds is 7. The number of hydrogen-bond acceptors (Lipinski definition) is 6. The van der Waals surface area contributed by atoms with Crippen LogP contribution in [-0.2, 0) is 27.2 Å². The number of aryl methyl sites for hydroxylation is 2. The summed E-state index contributed by atoms with van der Waals surface area (Å²) >= 11 is 0. The number of imidazole rings is 1. The minimum absolute atomic E-state index is 0.317. The van der Waals surface area contributed by atoms with Crippen molar-refractivity contribution in [2.45, 2.75) is 20.1 Å². The van der Waals surface area contributed by atoms with Crippen molar-refractivity contribution in [3.05, 3.63) is 86.6 Å². The molecule has 2 aromatic carbocycles. The Morgan fingerprint density at radius 2 is 1.75 bits per heavy atom. The molecule has 9 nitrogen and oxygen atoms in total. The second-order valence-corrected chi connectivity index (χ2v) is 7.27. The molecule has 0 atom stereocenters. The van der Waals surface area contributed by atoms with Crippen molar-refractivity contribution in [2.24, 2.45) is 19.2 Å². The Morgan fingerprint density at radius 1 is 1.03 bits per heavy atom. The molecule has 164 valence electrons. The fourth-order valence-corrected chi connectivity index (χ4v) is 3.40. The van der Waals surface area contributed by atoms with Gasteiger partial charge in [-0.05, 0) is 42.3 Å². The summed E-state index contributed by atoms with van der Waals surface area (Å²) in [7, 11) is 3.04. The summed E-state index contributed by atoms with van der Waals surface area (Å²) < 4.78 is 9.92. The van der Waals surface area contributed by atoms with Gasteiger partial charge in [0.15, 0.2) is 11.2 Å². The molecule has 0 amide bonds. The highest BCUT2D eigenvalue weighted by atomic mass is 16.5. The molecule has 0 unspecified atom stereocenters. The Morgan fingerprint density at radius 3 is 2.44 bits per heavy atom. The number of hydrazone groups is 1. The number of anilines is 1. The summed E-state index contributed by atoms with van der Waals surface area (Å²) in [6, 6.07) is 17.5. The molecule has 0 spiro atoms. The highest BCUT2D eigenvalue weighted by Gasteiger charge is 2.17. The lowest BCUT2D eigenvalue weighted by Crippen LogP contribution is -2.37. The van der Waals surface area contributed by atoms with Gasteiger partial charge in [0.1, 0.15) is 12.4 Å².